The minimum atomic E-state index is -0.471. The van der Waals surface area contributed by atoms with Crippen LogP contribution in [0, 0.1) is 10.1 Å². The normalized spacial score (nSPS) is 18.1. The van der Waals surface area contributed by atoms with E-state index in [0.717, 1.165) is 0 Å². The van der Waals surface area contributed by atoms with Crippen molar-refractivity contribution in [2.24, 2.45) is 4.99 Å². The molecule has 2 heterocycles. The molecule has 1 fully saturated rings. The smallest absolute Gasteiger partial charge is 0.278 e. The molecule has 2 aliphatic heterocycles. The van der Waals surface area contributed by atoms with E-state index < -0.39 is 4.92 Å². The second-order valence-electron chi connectivity index (χ2n) is 6.93. The van der Waals surface area contributed by atoms with Gasteiger partial charge in [-0.25, -0.2) is 4.99 Å². The van der Waals surface area contributed by atoms with E-state index in [2.05, 4.69) is 4.99 Å². The fourth-order valence-electron chi connectivity index (χ4n) is 3.45. The van der Waals surface area contributed by atoms with Gasteiger partial charge in [0.1, 0.15) is 5.70 Å². The fraction of sp³-hybridized carbons (Fsp3) is 0.238. The van der Waals surface area contributed by atoms with E-state index >= 15 is 0 Å². The number of amides is 1. The lowest BCUT2D eigenvalue weighted by Crippen LogP contribution is -2.34. The number of carbonyl (C=O) groups excluding carboxylic acids is 1. The molecule has 8 nitrogen and oxygen atoms in total. The number of ether oxygens (including phenoxy) is 1. The molecule has 0 atom stereocenters. The zero-order valence-electron chi connectivity index (χ0n) is 16.2. The van der Waals surface area contributed by atoms with Gasteiger partial charge in [0.15, 0.2) is 0 Å². The van der Waals surface area contributed by atoms with Gasteiger partial charge in [-0.3, -0.25) is 14.9 Å². The molecule has 4 rings (SSSR count). The third kappa shape index (κ3) is 3.79. The van der Waals surface area contributed by atoms with Gasteiger partial charge in [-0.2, -0.15) is 0 Å². The minimum Gasteiger partial charge on any atom is -0.378 e. The third-order valence-electron chi connectivity index (χ3n) is 5.04. The zero-order valence-corrected chi connectivity index (χ0v) is 17.0. The summed E-state index contributed by atoms with van der Waals surface area (Å²) < 4.78 is 5.37. The summed E-state index contributed by atoms with van der Waals surface area (Å²) in [7, 11) is 1.63. The highest BCUT2D eigenvalue weighted by Crippen LogP contribution is 2.33. The van der Waals surface area contributed by atoms with Crippen LogP contribution < -0.4 is 4.90 Å². The maximum atomic E-state index is 13.2. The molecule has 0 aliphatic carbocycles. The number of hydrogen-bond donors (Lipinski definition) is 0. The van der Waals surface area contributed by atoms with Gasteiger partial charge in [-0.15, -0.1) is 0 Å². The largest absolute Gasteiger partial charge is 0.378 e. The van der Waals surface area contributed by atoms with Crippen LogP contribution in [0.4, 0.5) is 11.4 Å². The minimum absolute atomic E-state index is 0.0880. The molecule has 2 aromatic rings. The quantitative estimate of drug-likeness (QED) is 0.427. The predicted molar refractivity (Wildman–Crippen MR) is 114 cm³/mol. The Morgan fingerprint density at radius 2 is 1.90 bits per heavy atom. The summed E-state index contributed by atoms with van der Waals surface area (Å²) in [6.45, 7) is 2.44. The van der Waals surface area contributed by atoms with E-state index in [0.29, 0.717) is 53.9 Å². The predicted octanol–water partition coefficient (Wildman–Crippen LogP) is 3.24. The highest BCUT2D eigenvalue weighted by atomic mass is 35.5. The molecule has 0 radical (unpaired) electrons. The summed E-state index contributed by atoms with van der Waals surface area (Å²) in [6.07, 6.45) is 1.72. The van der Waals surface area contributed by atoms with Crippen LogP contribution in [0.15, 0.2) is 59.4 Å². The third-order valence-corrected chi connectivity index (χ3v) is 5.37. The average Bonchev–Trinajstić information content (AvgIpc) is 2.85. The Labute approximate surface area is 178 Å². The second kappa shape index (κ2) is 8.25. The Hall–Kier alpha value is -3.23. The summed E-state index contributed by atoms with van der Waals surface area (Å²) in [4.78, 5) is 32.2. The molecule has 154 valence electrons. The number of benzodiazepines with no additional fused rings is 1. The molecule has 0 bridgehead atoms. The molecule has 1 saturated heterocycles. The first kappa shape index (κ1) is 20.1. The summed E-state index contributed by atoms with van der Waals surface area (Å²) in [5.74, 6) is -0.307. The molecule has 2 aliphatic rings. The molecule has 2 aromatic carbocycles. The maximum absolute atomic E-state index is 13.2. The number of benzene rings is 2. The summed E-state index contributed by atoms with van der Waals surface area (Å²) in [6, 6.07) is 11.5. The molecule has 0 spiro atoms. The molecule has 0 N–H and O–H groups in total. The number of anilines is 1. The van der Waals surface area contributed by atoms with E-state index in [4.69, 9.17) is 16.3 Å². The van der Waals surface area contributed by atoms with Crippen molar-refractivity contribution in [3.8, 4) is 0 Å². The average molecular weight is 427 g/mol. The Morgan fingerprint density at radius 1 is 1.17 bits per heavy atom. The number of hydrogen-bond acceptors (Lipinski definition) is 6. The van der Waals surface area contributed by atoms with Crippen molar-refractivity contribution in [3.63, 3.8) is 0 Å². The molecule has 0 unspecified atom stereocenters. The van der Waals surface area contributed by atoms with Gasteiger partial charge in [-0.1, -0.05) is 29.8 Å². The lowest BCUT2D eigenvalue weighted by Gasteiger charge is -2.26. The molecule has 30 heavy (non-hydrogen) atoms. The van der Waals surface area contributed by atoms with Gasteiger partial charge < -0.3 is 14.5 Å². The first-order valence-corrected chi connectivity index (χ1v) is 9.77. The van der Waals surface area contributed by atoms with Gasteiger partial charge in [0.2, 0.25) is 0 Å². The second-order valence-corrected chi connectivity index (χ2v) is 7.33. The van der Waals surface area contributed by atoms with E-state index in [-0.39, 0.29) is 17.3 Å². The molecule has 0 aromatic heterocycles. The Balaban J connectivity index is 1.94. The van der Waals surface area contributed by atoms with E-state index in [1.54, 1.807) is 37.5 Å². The molecule has 1 amide bonds. The number of fused-ring (bicyclic) bond motifs is 1. The van der Waals surface area contributed by atoms with Gasteiger partial charge in [0, 0.05) is 54.6 Å². The number of nitro benzene ring substituents is 1. The lowest BCUT2D eigenvalue weighted by molar-refractivity contribution is -0.384. The van der Waals surface area contributed by atoms with Crippen LogP contribution in [0.1, 0.15) is 11.1 Å². The number of halogens is 1. The van der Waals surface area contributed by atoms with E-state index in [9.17, 15) is 14.9 Å². The number of morpholine rings is 1. The highest BCUT2D eigenvalue weighted by Gasteiger charge is 2.29. The number of rotatable bonds is 3. The summed E-state index contributed by atoms with van der Waals surface area (Å²) in [5.41, 5.74) is 2.14. The number of non-ortho nitro benzene ring substituents is 1. The topological polar surface area (TPSA) is 88.3 Å². The van der Waals surface area contributed by atoms with Crippen LogP contribution in [0.2, 0.25) is 5.02 Å². The van der Waals surface area contributed by atoms with Crippen LogP contribution in [0.5, 0.6) is 0 Å². The first-order chi connectivity index (χ1) is 14.5. The van der Waals surface area contributed by atoms with Crippen molar-refractivity contribution < 1.29 is 14.5 Å². The zero-order chi connectivity index (χ0) is 21.3. The van der Waals surface area contributed by atoms with E-state index in [1.807, 2.05) is 11.0 Å². The lowest BCUT2D eigenvalue weighted by atomic mass is 9.99. The Kier molecular flexibility index (Phi) is 5.52. The maximum Gasteiger partial charge on any atom is 0.278 e. The highest BCUT2D eigenvalue weighted by molar-refractivity contribution is 6.36. The number of aliphatic imine (C=N–C) groups is 1. The molecular formula is C21H19ClN4O4. The molecular weight excluding hydrogens is 408 g/mol. The van der Waals surface area contributed by atoms with Crippen LogP contribution in [-0.2, 0) is 9.53 Å². The number of carbonyl (C=O) groups is 1. The van der Waals surface area contributed by atoms with E-state index in [1.165, 1.54) is 17.0 Å². The van der Waals surface area contributed by atoms with Crippen molar-refractivity contribution in [3.05, 3.63) is 80.6 Å². The Morgan fingerprint density at radius 3 is 2.60 bits per heavy atom. The summed E-state index contributed by atoms with van der Waals surface area (Å²) in [5, 5.41) is 11.8. The van der Waals surface area contributed by atoms with Crippen LogP contribution in [0.25, 0.3) is 0 Å². The van der Waals surface area contributed by atoms with Gasteiger partial charge in [0.25, 0.3) is 11.6 Å². The monoisotopic (exact) mass is 426 g/mol. The molecule has 9 heteroatoms. The number of likely N-dealkylation sites (N-methyl/N-ethyl adjacent to an activating group) is 1. The van der Waals surface area contributed by atoms with Crippen LogP contribution in [0.3, 0.4) is 0 Å². The van der Waals surface area contributed by atoms with Gasteiger partial charge >= 0.3 is 0 Å². The van der Waals surface area contributed by atoms with Crippen molar-refractivity contribution in [1.82, 2.24) is 4.90 Å². The first-order valence-electron chi connectivity index (χ1n) is 9.40. The summed E-state index contributed by atoms with van der Waals surface area (Å²) >= 11 is 6.43. The van der Waals surface area contributed by atoms with Crippen LogP contribution >= 0.6 is 11.6 Å². The van der Waals surface area contributed by atoms with Crippen molar-refractivity contribution in [1.29, 1.82) is 0 Å². The van der Waals surface area contributed by atoms with Crippen LogP contribution in [-0.4, -0.2) is 54.8 Å². The SMILES string of the molecule is CN1C(=O)C(=CN2CCOCC2)N=C(c2ccccc2Cl)c2cc([N+](=O)[O-])ccc21. The number of nitrogens with zero attached hydrogens (tertiary/aromatic N) is 4. The Bertz CT molecular complexity index is 1080. The van der Waals surface area contributed by atoms with Gasteiger partial charge in [0.05, 0.1) is 29.5 Å². The fourth-order valence-corrected chi connectivity index (χ4v) is 3.68. The van der Waals surface area contributed by atoms with Gasteiger partial charge in [-0.05, 0) is 12.1 Å². The standard InChI is InChI=1S/C21H19ClN4O4/c1-24-19-7-6-14(26(28)29)12-16(19)20(15-4-2-3-5-17(15)22)23-18(21(24)27)13-25-8-10-30-11-9-25/h2-7,12-13H,8-11H2,1H3. The van der Waals surface area contributed by atoms with Crippen molar-refractivity contribution >= 4 is 34.6 Å². The molecule has 0 saturated carbocycles. The van der Waals surface area contributed by atoms with Crippen molar-refractivity contribution in [2.45, 2.75) is 0 Å². The van der Waals surface area contributed by atoms with Crippen molar-refractivity contribution in [2.75, 3.05) is 38.3 Å². The number of nitro groups is 1.